The smallest absolute Gasteiger partial charge is 0.354 e. The summed E-state index contributed by atoms with van der Waals surface area (Å²) in [5.41, 5.74) is 1.28. The Morgan fingerprint density at radius 3 is 2.74 bits per heavy atom. The number of hydrogen-bond donors (Lipinski definition) is 1. The first-order chi connectivity index (χ1) is 9.11. The van der Waals surface area contributed by atoms with E-state index in [9.17, 15) is 4.79 Å². The topological polar surface area (TPSA) is 72.3 Å². The van der Waals surface area contributed by atoms with Crippen LogP contribution >= 0.6 is 0 Å². The summed E-state index contributed by atoms with van der Waals surface area (Å²) in [6, 6.07) is 8.75. The number of ether oxygens (including phenoxy) is 1. The van der Waals surface area contributed by atoms with Gasteiger partial charge in [-0.25, -0.2) is 14.8 Å². The molecule has 0 amide bonds. The Morgan fingerprint density at radius 1 is 1.32 bits per heavy atom. The molecule has 0 spiro atoms. The Balaban J connectivity index is 2.55. The van der Waals surface area contributed by atoms with Gasteiger partial charge in [0.15, 0.2) is 11.5 Å². The Hall–Kier alpha value is -2.43. The van der Waals surface area contributed by atoms with Crippen LogP contribution in [-0.4, -0.2) is 27.7 Å². The van der Waals surface area contributed by atoms with E-state index in [1.807, 2.05) is 31.2 Å². The summed E-state index contributed by atoms with van der Waals surface area (Å²) in [5.74, 6) is -0.0611. The molecular formula is C14H14N2O3. The maximum atomic E-state index is 11.0. The Bertz CT molecular complexity index is 611. The number of carboxylic acid groups (broad SMARTS) is 1. The number of para-hydroxylation sites is 1. The molecule has 0 aliphatic heterocycles. The number of benzene rings is 1. The van der Waals surface area contributed by atoms with Gasteiger partial charge in [0.05, 0.1) is 12.2 Å². The van der Waals surface area contributed by atoms with Crippen LogP contribution in [-0.2, 0) is 0 Å². The largest absolute Gasteiger partial charge is 0.493 e. The molecule has 2 aromatic rings. The Kier molecular flexibility index (Phi) is 3.75. The van der Waals surface area contributed by atoms with E-state index in [-0.39, 0.29) is 5.69 Å². The van der Waals surface area contributed by atoms with Crippen molar-refractivity contribution in [3.8, 4) is 17.1 Å². The van der Waals surface area contributed by atoms with Crippen LogP contribution in [0.1, 0.15) is 23.1 Å². The van der Waals surface area contributed by atoms with Crippen LogP contribution in [0.25, 0.3) is 11.4 Å². The minimum atomic E-state index is -1.07. The molecule has 19 heavy (non-hydrogen) atoms. The molecule has 1 heterocycles. The first kappa shape index (κ1) is 13.0. The predicted molar refractivity (Wildman–Crippen MR) is 70.3 cm³/mol. The number of carboxylic acids is 1. The van der Waals surface area contributed by atoms with Gasteiger partial charge in [0, 0.05) is 5.69 Å². The summed E-state index contributed by atoms with van der Waals surface area (Å²) in [6.45, 7) is 4.14. The number of aryl methyl sites for hydroxylation is 1. The fourth-order valence-corrected chi connectivity index (χ4v) is 1.73. The quantitative estimate of drug-likeness (QED) is 0.912. The highest BCUT2D eigenvalue weighted by Gasteiger charge is 2.13. The van der Waals surface area contributed by atoms with E-state index in [0.717, 1.165) is 0 Å². The second-order valence-corrected chi connectivity index (χ2v) is 3.95. The van der Waals surface area contributed by atoms with Crippen molar-refractivity contribution in [1.82, 2.24) is 9.97 Å². The average molecular weight is 258 g/mol. The third-order valence-corrected chi connectivity index (χ3v) is 2.50. The highest BCUT2D eigenvalue weighted by Crippen LogP contribution is 2.27. The van der Waals surface area contributed by atoms with Gasteiger partial charge in [-0.05, 0) is 32.0 Å². The summed E-state index contributed by atoms with van der Waals surface area (Å²) in [6.07, 6.45) is 0. The zero-order valence-electron chi connectivity index (χ0n) is 10.8. The van der Waals surface area contributed by atoms with Crippen LogP contribution in [0.15, 0.2) is 30.3 Å². The normalized spacial score (nSPS) is 10.2. The molecule has 0 aliphatic rings. The van der Waals surface area contributed by atoms with Crippen LogP contribution in [0.4, 0.5) is 0 Å². The molecule has 0 saturated carbocycles. The van der Waals surface area contributed by atoms with E-state index in [2.05, 4.69) is 9.97 Å². The first-order valence-electron chi connectivity index (χ1n) is 5.93. The van der Waals surface area contributed by atoms with Crippen LogP contribution in [0.2, 0.25) is 0 Å². The highest BCUT2D eigenvalue weighted by molar-refractivity contribution is 5.86. The molecule has 5 heteroatoms. The molecule has 1 aromatic carbocycles. The minimum Gasteiger partial charge on any atom is -0.493 e. The molecule has 2 rings (SSSR count). The molecule has 0 bridgehead atoms. The summed E-state index contributed by atoms with van der Waals surface area (Å²) < 4.78 is 5.50. The summed E-state index contributed by atoms with van der Waals surface area (Å²) in [4.78, 5) is 19.4. The van der Waals surface area contributed by atoms with E-state index >= 15 is 0 Å². The van der Waals surface area contributed by atoms with Crippen molar-refractivity contribution >= 4 is 5.97 Å². The lowest BCUT2D eigenvalue weighted by atomic mass is 10.1. The molecule has 0 radical (unpaired) electrons. The van der Waals surface area contributed by atoms with Crippen LogP contribution in [0, 0.1) is 6.92 Å². The van der Waals surface area contributed by atoms with Gasteiger partial charge in [-0.3, -0.25) is 0 Å². The van der Waals surface area contributed by atoms with Crippen molar-refractivity contribution in [3.63, 3.8) is 0 Å². The fraction of sp³-hybridized carbons (Fsp3) is 0.214. The number of hydrogen-bond acceptors (Lipinski definition) is 4. The lowest BCUT2D eigenvalue weighted by Crippen LogP contribution is -2.05. The van der Waals surface area contributed by atoms with Gasteiger partial charge in [0.2, 0.25) is 0 Å². The lowest BCUT2D eigenvalue weighted by Gasteiger charge is -2.09. The standard InChI is InChI=1S/C14H14N2O3/c1-3-19-12-7-5-4-6-10(12)13-15-9(2)8-11(16-13)14(17)18/h4-8H,3H2,1-2H3,(H,17,18). The van der Waals surface area contributed by atoms with Crippen LogP contribution < -0.4 is 4.74 Å². The zero-order chi connectivity index (χ0) is 13.8. The molecular weight excluding hydrogens is 244 g/mol. The predicted octanol–water partition coefficient (Wildman–Crippen LogP) is 2.55. The molecule has 0 saturated heterocycles. The molecule has 0 atom stereocenters. The lowest BCUT2D eigenvalue weighted by molar-refractivity contribution is 0.0690. The number of carbonyl (C=O) groups is 1. The second kappa shape index (κ2) is 5.48. The van der Waals surface area contributed by atoms with Gasteiger partial charge in [0.1, 0.15) is 5.75 Å². The maximum absolute atomic E-state index is 11.0. The van der Waals surface area contributed by atoms with Gasteiger partial charge in [-0.2, -0.15) is 0 Å². The minimum absolute atomic E-state index is 0.0196. The molecule has 5 nitrogen and oxygen atoms in total. The molecule has 0 unspecified atom stereocenters. The summed E-state index contributed by atoms with van der Waals surface area (Å²) in [7, 11) is 0. The molecule has 1 N–H and O–H groups in total. The Morgan fingerprint density at radius 2 is 2.05 bits per heavy atom. The van der Waals surface area contributed by atoms with Gasteiger partial charge in [0.25, 0.3) is 0 Å². The van der Waals surface area contributed by atoms with Crippen molar-refractivity contribution in [3.05, 3.63) is 41.7 Å². The van der Waals surface area contributed by atoms with E-state index in [1.165, 1.54) is 6.07 Å². The third kappa shape index (κ3) is 2.88. The maximum Gasteiger partial charge on any atom is 0.354 e. The zero-order valence-corrected chi connectivity index (χ0v) is 10.8. The van der Waals surface area contributed by atoms with E-state index < -0.39 is 5.97 Å². The van der Waals surface area contributed by atoms with Gasteiger partial charge in [-0.1, -0.05) is 12.1 Å². The van der Waals surface area contributed by atoms with Crippen molar-refractivity contribution in [1.29, 1.82) is 0 Å². The number of aromatic nitrogens is 2. The SMILES string of the molecule is CCOc1ccccc1-c1nc(C)cc(C(=O)O)n1. The van der Waals surface area contributed by atoms with Crippen molar-refractivity contribution in [2.75, 3.05) is 6.61 Å². The van der Waals surface area contributed by atoms with Crippen molar-refractivity contribution in [2.24, 2.45) is 0 Å². The second-order valence-electron chi connectivity index (χ2n) is 3.95. The van der Waals surface area contributed by atoms with Gasteiger partial charge >= 0.3 is 5.97 Å². The first-order valence-corrected chi connectivity index (χ1v) is 5.93. The number of rotatable bonds is 4. The van der Waals surface area contributed by atoms with E-state index in [4.69, 9.17) is 9.84 Å². The average Bonchev–Trinajstić information content (AvgIpc) is 2.39. The highest BCUT2D eigenvalue weighted by atomic mass is 16.5. The van der Waals surface area contributed by atoms with Gasteiger partial charge < -0.3 is 9.84 Å². The molecule has 0 fully saturated rings. The number of nitrogens with zero attached hydrogens (tertiary/aromatic N) is 2. The van der Waals surface area contributed by atoms with Crippen LogP contribution in [0.3, 0.4) is 0 Å². The molecule has 1 aromatic heterocycles. The third-order valence-electron chi connectivity index (χ3n) is 2.50. The molecule has 98 valence electrons. The van der Waals surface area contributed by atoms with Gasteiger partial charge in [-0.15, -0.1) is 0 Å². The summed E-state index contributed by atoms with van der Waals surface area (Å²) >= 11 is 0. The Labute approximate surface area is 110 Å². The van der Waals surface area contributed by atoms with Crippen molar-refractivity contribution in [2.45, 2.75) is 13.8 Å². The van der Waals surface area contributed by atoms with E-state index in [1.54, 1.807) is 6.92 Å². The van der Waals surface area contributed by atoms with Crippen LogP contribution in [0.5, 0.6) is 5.75 Å². The monoisotopic (exact) mass is 258 g/mol. The molecule has 0 aliphatic carbocycles. The number of aromatic carboxylic acids is 1. The fourth-order valence-electron chi connectivity index (χ4n) is 1.73. The van der Waals surface area contributed by atoms with Crippen molar-refractivity contribution < 1.29 is 14.6 Å². The summed E-state index contributed by atoms with van der Waals surface area (Å²) in [5, 5.41) is 9.03. The van der Waals surface area contributed by atoms with E-state index in [0.29, 0.717) is 29.4 Å².